The van der Waals surface area contributed by atoms with Crippen LogP contribution in [0.2, 0.25) is 0 Å². The molecule has 2 rings (SSSR count). The quantitative estimate of drug-likeness (QED) is 0.915. The van der Waals surface area contributed by atoms with Gasteiger partial charge in [0.2, 0.25) is 5.91 Å². The summed E-state index contributed by atoms with van der Waals surface area (Å²) < 4.78 is 13.2. The number of benzene rings is 1. The smallest absolute Gasteiger partial charge is 0.240 e. The van der Waals surface area contributed by atoms with Gasteiger partial charge < -0.3 is 10.2 Å². The van der Waals surface area contributed by atoms with Gasteiger partial charge >= 0.3 is 0 Å². The van der Waals surface area contributed by atoms with E-state index in [0.717, 1.165) is 23.6 Å². The van der Waals surface area contributed by atoms with Crippen molar-refractivity contribution in [3.63, 3.8) is 0 Å². The number of nitrogens with zero attached hydrogens (tertiary/aromatic N) is 1. The van der Waals surface area contributed by atoms with Crippen LogP contribution < -0.4 is 5.32 Å². The van der Waals surface area contributed by atoms with E-state index in [9.17, 15) is 9.18 Å². The second kappa shape index (κ2) is 6.91. The van der Waals surface area contributed by atoms with Crippen LogP contribution in [0.25, 0.3) is 0 Å². The number of halogens is 1. The van der Waals surface area contributed by atoms with Crippen molar-refractivity contribution in [3.05, 3.63) is 35.6 Å². The first-order valence-electron chi connectivity index (χ1n) is 6.55. The first kappa shape index (κ1) is 14.3. The molecule has 1 unspecified atom stereocenters. The van der Waals surface area contributed by atoms with Gasteiger partial charge in [-0.05, 0) is 24.6 Å². The maximum atomic E-state index is 13.2. The Morgan fingerprint density at radius 1 is 1.58 bits per heavy atom. The first-order valence-corrected chi connectivity index (χ1v) is 7.70. The fraction of sp³-hybridized carbons (Fsp3) is 0.500. The lowest BCUT2D eigenvalue weighted by Gasteiger charge is -2.29. The summed E-state index contributed by atoms with van der Waals surface area (Å²) in [6, 6.07) is 6.33. The Bertz CT molecular complexity index is 435. The Morgan fingerprint density at radius 2 is 2.42 bits per heavy atom. The molecule has 1 atom stereocenters. The zero-order chi connectivity index (χ0) is 13.7. The third-order valence-electron chi connectivity index (χ3n) is 3.18. The molecule has 0 aromatic heterocycles. The third kappa shape index (κ3) is 3.94. The summed E-state index contributed by atoms with van der Waals surface area (Å²) in [5.74, 6) is 1.73. The van der Waals surface area contributed by atoms with Crippen LogP contribution in [-0.4, -0.2) is 41.4 Å². The van der Waals surface area contributed by atoms with Crippen molar-refractivity contribution in [2.75, 3.05) is 24.6 Å². The Balaban J connectivity index is 2.00. The Morgan fingerprint density at radius 3 is 3.05 bits per heavy atom. The van der Waals surface area contributed by atoms with Gasteiger partial charge in [-0.1, -0.05) is 12.1 Å². The summed E-state index contributed by atoms with van der Waals surface area (Å²) in [6.45, 7) is 3.93. The summed E-state index contributed by atoms with van der Waals surface area (Å²) in [6.07, 6.45) is 0. The van der Waals surface area contributed by atoms with Crippen LogP contribution in [0.4, 0.5) is 4.39 Å². The molecule has 1 fully saturated rings. The highest BCUT2D eigenvalue weighted by Crippen LogP contribution is 2.13. The summed E-state index contributed by atoms with van der Waals surface area (Å²) in [7, 11) is 0. The number of hydrogen-bond donors (Lipinski definition) is 1. The lowest BCUT2D eigenvalue weighted by atomic mass is 10.2. The lowest BCUT2D eigenvalue weighted by Crippen LogP contribution is -2.50. The largest absolute Gasteiger partial charge is 0.337 e. The molecule has 1 aromatic rings. The highest BCUT2D eigenvalue weighted by atomic mass is 32.2. The molecule has 0 radical (unpaired) electrons. The van der Waals surface area contributed by atoms with Crippen molar-refractivity contribution in [2.24, 2.45) is 0 Å². The average Bonchev–Trinajstić information content (AvgIpc) is 2.45. The third-order valence-corrected chi connectivity index (χ3v) is 4.24. The molecule has 5 heteroatoms. The first-order chi connectivity index (χ1) is 9.20. The fourth-order valence-corrected chi connectivity index (χ4v) is 3.07. The summed E-state index contributed by atoms with van der Waals surface area (Å²) in [4.78, 5) is 14.2. The van der Waals surface area contributed by atoms with Gasteiger partial charge in [0.1, 0.15) is 5.82 Å². The monoisotopic (exact) mass is 282 g/mol. The molecule has 0 aliphatic carbocycles. The van der Waals surface area contributed by atoms with Crippen molar-refractivity contribution in [1.82, 2.24) is 10.2 Å². The summed E-state index contributed by atoms with van der Waals surface area (Å²) >= 11 is 1.80. The molecule has 0 saturated carbocycles. The Hall–Kier alpha value is -1.07. The van der Waals surface area contributed by atoms with Crippen molar-refractivity contribution >= 4 is 17.7 Å². The van der Waals surface area contributed by atoms with E-state index in [-0.39, 0.29) is 17.8 Å². The SMILES string of the molecule is CCN(Cc1cccc(F)c1)C(=O)C1CSCCN1. The molecular weight excluding hydrogens is 263 g/mol. The molecule has 104 valence electrons. The molecule has 0 spiro atoms. The zero-order valence-corrected chi connectivity index (χ0v) is 11.9. The fourth-order valence-electron chi connectivity index (χ4n) is 2.15. The molecule has 1 aromatic carbocycles. The number of likely N-dealkylation sites (N-methyl/N-ethyl adjacent to an activating group) is 1. The molecule has 1 saturated heterocycles. The zero-order valence-electron chi connectivity index (χ0n) is 11.1. The molecule has 0 bridgehead atoms. The van der Waals surface area contributed by atoms with Gasteiger partial charge in [-0.25, -0.2) is 4.39 Å². The van der Waals surface area contributed by atoms with Gasteiger partial charge in [0.05, 0.1) is 6.04 Å². The number of hydrogen-bond acceptors (Lipinski definition) is 3. The van der Waals surface area contributed by atoms with E-state index in [1.165, 1.54) is 12.1 Å². The van der Waals surface area contributed by atoms with Crippen LogP contribution in [0.3, 0.4) is 0 Å². The summed E-state index contributed by atoms with van der Waals surface area (Å²) in [5, 5.41) is 3.24. The van der Waals surface area contributed by atoms with Gasteiger partial charge in [0, 0.05) is 31.1 Å². The lowest BCUT2D eigenvalue weighted by molar-refractivity contribution is -0.133. The minimum atomic E-state index is -0.257. The van der Waals surface area contributed by atoms with Crippen LogP contribution in [0.5, 0.6) is 0 Å². The number of rotatable bonds is 4. The van der Waals surface area contributed by atoms with Crippen LogP contribution in [0, 0.1) is 5.82 Å². The number of amides is 1. The molecule has 1 heterocycles. The Kier molecular flexibility index (Phi) is 5.22. The van der Waals surface area contributed by atoms with Gasteiger partial charge in [-0.3, -0.25) is 4.79 Å². The van der Waals surface area contributed by atoms with Crippen molar-refractivity contribution in [3.8, 4) is 0 Å². The number of thioether (sulfide) groups is 1. The van der Waals surface area contributed by atoms with E-state index in [4.69, 9.17) is 0 Å². The average molecular weight is 282 g/mol. The van der Waals surface area contributed by atoms with Crippen LogP contribution in [0.15, 0.2) is 24.3 Å². The second-order valence-corrected chi connectivity index (χ2v) is 5.71. The van der Waals surface area contributed by atoms with E-state index in [0.29, 0.717) is 13.1 Å². The van der Waals surface area contributed by atoms with E-state index in [2.05, 4.69) is 5.32 Å². The highest BCUT2D eigenvalue weighted by Gasteiger charge is 2.25. The molecule has 19 heavy (non-hydrogen) atoms. The van der Waals surface area contributed by atoms with Crippen LogP contribution in [-0.2, 0) is 11.3 Å². The normalized spacial score (nSPS) is 19.2. The highest BCUT2D eigenvalue weighted by molar-refractivity contribution is 7.99. The summed E-state index contributed by atoms with van der Waals surface area (Å²) in [5.41, 5.74) is 0.832. The maximum Gasteiger partial charge on any atom is 0.240 e. The van der Waals surface area contributed by atoms with Crippen LogP contribution >= 0.6 is 11.8 Å². The van der Waals surface area contributed by atoms with E-state index in [1.54, 1.807) is 22.7 Å². The Labute approximate surface area is 117 Å². The van der Waals surface area contributed by atoms with Crippen molar-refractivity contribution in [2.45, 2.75) is 19.5 Å². The standard InChI is InChI=1S/C14H19FN2OS/c1-2-17(9-11-4-3-5-12(15)8-11)14(18)13-10-19-7-6-16-13/h3-5,8,13,16H,2,6-7,9-10H2,1H3. The van der Waals surface area contributed by atoms with Gasteiger partial charge in [-0.15, -0.1) is 0 Å². The van der Waals surface area contributed by atoms with Crippen molar-refractivity contribution < 1.29 is 9.18 Å². The maximum absolute atomic E-state index is 13.2. The molecular formula is C14H19FN2OS. The van der Waals surface area contributed by atoms with Gasteiger partial charge in [0.25, 0.3) is 0 Å². The minimum Gasteiger partial charge on any atom is -0.337 e. The predicted octanol–water partition coefficient (Wildman–Crippen LogP) is 1.88. The van der Waals surface area contributed by atoms with Gasteiger partial charge in [-0.2, -0.15) is 11.8 Å². The predicted molar refractivity (Wildman–Crippen MR) is 76.6 cm³/mol. The topological polar surface area (TPSA) is 32.3 Å². The van der Waals surface area contributed by atoms with E-state index >= 15 is 0 Å². The number of nitrogens with one attached hydrogen (secondary N) is 1. The molecule has 1 aliphatic rings. The minimum absolute atomic E-state index is 0.104. The van der Waals surface area contributed by atoms with E-state index < -0.39 is 0 Å². The second-order valence-electron chi connectivity index (χ2n) is 4.56. The molecule has 1 N–H and O–H groups in total. The van der Waals surface area contributed by atoms with Gasteiger partial charge in [0.15, 0.2) is 0 Å². The van der Waals surface area contributed by atoms with Crippen LogP contribution in [0.1, 0.15) is 12.5 Å². The van der Waals surface area contributed by atoms with Crippen molar-refractivity contribution in [1.29, 1.82) is 0 Å². The molecule has 1 amide bonds. The number of carbonyl (C=O) groups excluding carboxylic acids is 1. The molecule has 3 nitrogen and oxygen atoms in total. The molecule has 1 aliphatic heterocycles. The number of carbonyl (C=O) groups is 1. The van der Waals surface area contributed by atoms with E-state index in [1.807, 2.05) is 13.0 Å².